The smallest absolute Gasteiger partial charge is 0.240 e. The molecule has 2 saturated heterocycles. The van der Waals surface area contributed by atoms with Gasteiger partial charge < -0.3 is 9.80 Å². The van der Waals surface area contributed by atoms with Crippen LogP contribution in [0.3, 0.4) is 0 Å². The minimum Gasteiger partial charge on any atom is -0.356 e. The van der Waals surface area contributed by atoms with Gasteiger partial charge in [-0.05, 0) is 72.9 Å². The molecule has 0 radical (unpaired) electrons. The zero-order valence-electron chi connectivity index (χ0n) is 20.8. The Labute approximate surface area is 227 Å². The van der Waals surface area contributed by atoms with Gasteiger partial charge in [-0.2, -0.15) is 0 Å². The molecule has 10 heteroatoms. The fraction of sp³-hybridized carbons (Fsp3) is 0.321. The first-order valence-electron chi connectivity index (χ1n) is 12.9. The van der Waals surface area contributed by atoms with Crippen molar-refractivity contribution in [2.45, 2.75) is 43.0 Å². The largest absolute Gasteiger partial charge is 0.356 e. The molecule has 0 atom stereocenters. The Kier molecular flexibility index (Phi) is 6.67. The van der Waals surface area contributed by atoms with Gasteiger partial charge in [0.25, 0.3) is 0 Å². The van der Waals surface area contributed by atoms with Crippen molar-refractivity contribution in [2.75, 3.05) is 29.4 Å². The van der Waals surface area contributed by atoms with Gasteiger partial charge in [0.2, 0.25) is 15.9 Å². The highest BCUT2D eigenvalue weighted by Crippen LogP contribution is 2.36. The Morgan fingerprint density at radius 2 is 1.68 bits per heavy atom. The molecular weight excluding hydrogens is 522 g/mol. The van der Waals surface area contributed by atoms with Crippen molar-refractivity contribution in [1.29, 1.82) is 0 Å². The molecule has 0 unspecified atom stereocenters. The molecule has 0 saturated carbocycles. The molecule has 2 aromatic carbocycles. The molecular formula is C28H28ClN5O3S. The minimum absolute atomic E-state index is 0.0801. The number of rotatable bonds is 6. The van der Waals surface area contributed by atoms with Crippen LogP contribution in [-0.4, -0.2) is 50.0 Å². The lowest BCUT2D eigenvalue weighted by molar-refractivity contribution is -0.117. The number of carbonyl (C=O) groups excluding carboxylic acids is 1. The second-order valence-electron chi connectivity index (χ2n) is 9.94. The van der Waals surface area contributed by atoms with E-state index in [2.05, 4.69) is 25.7 Å². The lowest BCUT2D eigenvalue weighted by atomic mass is 10.1. The average Bonchev–Trinajstić information content (AvgIpc) is 3.56. The molecule has 196 valence electrons. The number of hydrogen-bond donors (Lipinski definition) is 1. The van der Waals surface area contributed by atoms with E-state index < -0.39 is 10.0 Å². The summed E-state index contributed by atoms with van der Waals surface area (Å²) in [5.41, 5.74) is 5.08. The van der Waals surface area contributed by atoms with E-state index in [1.807, 2.05) is 24.3 Å². The van der Waals surface area contributed by atoms with Crippen molar-refractivity contribution >= 4 is 50.7 Å². The first-order valence-corrected chi connectivity index (χ1v) is 14.7. The van der Waals surface area contributed by atoms with Crippen molar-refractivity contribution in [3.63, 3.8) is 0 Å². The summed E-state index contributed by atoms with van der Waals surface area (Å²) in [5, 5.41) is 0.708. The van der Waals surface area contributed by atoms with Gasteiger partial charge in [0.15, 0.2) is 0 Å². The average molecular weight is 550 g/mol. The van der Waals surface area contributed by atoms with E-state index in [1.54, 1.807) is 35.5 Å². The zero-order valence-corrected chi connectivity index (χ0v) is 22.4. The Balaban J connectivity index is 1.11. The van der Waals surface area contributed by atoms with E-state index in [0.717, 1.165) is 41.2 Å². The number of anilines is 2. The van der Waals surface area contributed by atoms with Gasteiger partial charge in [-0.3, -0.25) is 4.79 Å². The molecule has 1 amide bonds. The molecule has 1 aliphatic carbocycles. The SMILES string of the molecule is O=C1CCCN1c1ccc(S(=O)(=O)NC2CCN(c3ncnc4c3C=C(c3ccc(Cl)cc3)C4)CC2)cc1. The van der Waals surface area contributed by atoms with E-state index in [9.17, 15) is 13.2 Å². The van der Waals surface area contributed by atoms with Crippen LogP contribution in [0.5, 0.6) is 0 Å². The lowest BCUT2D eigenvalue weighted by Gasteiger charge is -2.33. The molecule has 6 rings (SSSR count). The standard InChI is InChI=1S/C28H28ClN5O3S/c29-21-5-3-19(4-6-21)20-16-25-26(17-20)30-18-31-28(25)33-14-11-22(12-15-33)32-38(36,37)24-9-7-23(8-10-24)34-13-1-2-27(34)35/h3-10,16,18,22,32H,1-2,11-15,17H2. The summed E-state index contributed by atoms with van der Waals surface area (Å²) < 4.78 is 29.0. The predicted octanol–water partition coefficient (Wildman–Crippen LogP) is 4.30. The van der Waals surface area contributed by atoms with Gasteiger partial charge in [-0.25, -0.2) is 23.1 Å². The van der Waals surface area contributed by atoms with Crippen LogP contribution in [-0.2, 0) is 21.2 Å². The third kappa shape index (κ3) is 4.93. The molecule has 2 fully saturated rings. The number of halogens is 1. The lowest BCUT2D eigenvalue weighted by Crippen LogP contribution is -2.45. The predicted molar refractivity (Wildman–Crippen MR) is 149 cm³/mol. The highest BCUT2D eigenvalue weighted by molar-refractivity contribution is 7.89. The molecule has 0 spiro atoms. The van der Waals surface area contributed by atoms with Crippen LogP contribution in [0.1, 0.15) is 42.5 Å². The van der Waals surface area contributed by atoms with Crippen molar-refractivity contribution in [2.24, 2.45) is 0 Å². The summed E-state index contributed by atoms with van der Waals surface area (Å²) in [6, 6.07) is 14.2. The third-order valence-electron chi connectivity index (χ3n) is 7.49. The Morgan fingerprint density at radius 3 is 2.37 bits per heavy atom. The molecule has 1 aromatic heterocycles. The van der Waals surface area contributed by atoms with Crippen molar-refractivity contribution < 1.29 is 13.2 Å². The number of nitrogens with zero attached hydrogens (tertiary/aromatic N) is 4. The van der Waals surface area contributed by atoms with E-state index in [0.29, 0.717) is 43.9 Å². The van der Waals surface area contributed by atoms with Crippen LogP contribution < -0.4 is 14.5 Å². The topological polar surface area (TPSA) is 95.5 Å². The van der Waals surface area contributed by atoms with Crippen LogP contribution in [0.4, 0.5) is 11.5 Å². The zero-order chi connectivity index (χ0) is 26.3. The normalized spacial score (nSPS) is 18.1. The summed E-state index contributed by atoms with van der Waals surface area (Å²) in [6.45, 7) is 2.06. The number of piperidine rings is 1. The Bertz CT molecular complexity index is 1500. The highest BCUT2D eigenvalue weighted by Gasteiger charge is 2.29. The number of nitrogens with one attached hydrogen (secondary N) is 1. The maximum absolute atomic E-state index is 13.1. The molecule has 1 N–H and O–H groups in total. The number of hydrogen-bond acceptors (Lipinski definition) is 6. The second kappa shape index (κ2) is 10.1. The minimum atomic E-state index is -3.66. The van der Waals surface area contributed by atoms with Gasteiger partial charge in [0.05, 0.1) is 10.6 Å². The summed E-state index contributed by atoms with van der Waals surface area (Å²) in [4.78, 5) is 25.2. The quantitative estimate of drug-likeness (QED) is 0.492. The number of sulfonamides is 1. The van der Waals surface area contributed by atoms with Crippen LogP contribution in [0, 0.1) is 0 Å². The maximum Gasteiger partial charge on any atom is 0.240 e. The van der Waals surface area contributed by atoms with Crippen LogP contribution in [0.25, 0.3) is 11.6 Å². The van der Waals surface area contributed by atoms with Crippen LogP contribution in [0.15, 0.2) is 59.8 Å². The molecule has 2 aliphatic heterocycles. The number of fused-ring (bicyclic) bond motifs is 1. The maximum atomic E-state index is 13.1. The van der Waals surface area contributed by atoms with Gasteiger partial charge in [0, 0.05) is 54.8 Å². The number of allylic oxidation sites excluding steroid dienone is 1. The monoisotopic (exact) mass is 549 g/mol. The Hall–Kier alpha value is -3.27. The first kappa shape index (κ1) is 25.0. The molecule has 3 heterocycles. The van der Waals surface area contributed by atoms with E-state index in [1.165, 1.54) is 5.57 Å². The second-order valence-corrected chi connectivity index (χ2v) is 12.1. The fourth-order valence-corrected chi connectivity index (χ4v) is 6.87. The van der Waals surface area contributed by atoms with Gasteiger partial charge in [-0.1, -0.05) is 23.7 Å². The number of carbonyl (C=O) groups is 1. The summed E-state index contributed by atoms with van der Waals surface area (Å²) in [5.74, 6) is 0.976. The summed E-state index contributed by atoms with van der Waals surface area (Å²) >= 11 is 6.05. The van der Waals surface area contributed by atoms with Crippen LogP contribution >= 0.6 is 11.6 Å². The fourth-order valence-electron chi connectivity index (χ4n) is 5.44. The van der Waals surface area contributed by atoms with Crippen molar-refractivity contribution in [3.05, 3.63) is 76.7 Å². The molecule has 8 nitrogen and oxygen atoms in total. The third-order valence-corrected chi connectivity index (χ3v) is 9.27. The van der Waals surface area contributed by atoms with Crippen molar-refractivity contribution in [3.8, 4) is 0 Å². The number of amides is 1. The van der Waals surface area contributed by atoms with Gasteiger partial charge in [-0.15, -0.1) is 0 Å². The van der Waals surface area contributed by atoms with Gasteiger partial charge in [0.1, 0.15) is 12.1 Å². The van der Waals surface area contributed by atoms with Crippen LogP contribution in [0.2, 0.25) is 5.02 Å². The highest BCUT2D eigenvalue weighted by atomic mass is 35.5. The molecule has 0 bridgehead atoms. The first-order chi connectivity index (χ1) is 18.4. The molecule has 3 aromatic rings. The van der Waals surface area contributed by atoms with E-state index in [4.69, 9.17) is 11.6 Å². The summed E-state index contributed by atoms with van der Waals surface area (Å²) in [6.07, 6.45) is 7.23. The van der Waals surface area contributed by atoms with E-state index in [-0.39, 0.29) is 16.8 Å². The number of benzene rings is 2. The molecule has 38 heavy (non-hydrogen) atoms. The van der Waals surface area contributed by atoms with Crippen molar-refractivity contribution in [1.82, 2.24) is 14.7 Å². The van der Waals surface area contributed by atoms with E-state index >= 15 is 0 Å². The van der Waals surface area contributed by atoms with Gasteiger partial charge >= 0.3 is 0 Å². The summed E-state index contributed by atoms with van der Waals surface area (Å²) in [7, 11) is -3.66. The molecule has 3 aliphatic rings. The number of aromatic nitrogens is 2. The Morgan fingerprint density at radius 1 is 0.947 bits per heavy atom.